The fraction of sp³-hybridized carbons (Fsp3) is 0.455. The van der Waals surface area contributed by atoms with Crippen LogP contribution in [0.2, 0.25) is 0 Å². The van der Waals surface area contributed by atoms with Crippen LogP contribution in [-0.4, -0.2) is 17.5 Å². The van der Waals surface area contributed by atoms with Gasteiger partial charge in [0, 0.05) is 24.7 Å². The fourth-order valence-electron chi connectivity index (χ4n) is 1.75. The maximum absolute atomic E-state index is 13.4. The number of benzene rings is 1. The lowest BCUT2D eigenvalue weighted by Crippen LogP contribution is -2.31. The summed E-state index contributed by atoms with van der Waals surface area (Å²) in [5, 5.41) is 13.8. The van der Waals surface area contributed by atoms with Gasteiger partial charge in [-0.1, -0.05) is 0 Å². The molecule has 5 nitrogen and oxygen atoms in total. The van der Waals surface area contributed by atoms with Crippen molar-refractivity contribution in [1.29, 1.82) is 0 Å². The van der Waals surface area contributed by atoms with Gasteiger partial charge in [-0.05, 0) is 41.4 Å². The van der Waals surface area contributed by atoms with Gasteiger partial charge in [-0.3, -0.25) is 10.1 Å². The number of hydrogen-bond acceptors (Lipinski definition) is 4. The molecule has 2 rings (SSSR count). The minimum atomic E-state index is -0.521. The Morgan fingerprint density at radius 3 is 2.83 bits per heavy atom. The highest BCUT2D eigenvalue weighted by Gasteiger charge is 2.28. The largest absolute Gasteiger partial charge is 0.378 e. The molecular formula is C11H13FIN3O2. The quantitative estimate of drug-likeness (QED) is 0.477. The van der Waals surface area contributed by atoms with E-state index >= 15 is 0 Å². The molecule has 0 bridgehead atoms. The van der Waals surface area contributed by atoms with E-state index in [2.05, 4.69) is 5.32 Å². The van der Waals surface area contributed by atoms with Crippen LogP contribution in [0.4, 0.5) is 15.8 Å². The fourth-order valence-corrected chi connectivity index (χ4v) is 2.20. The van der Waals surface area contributed by atoms with Gasteiger partial charge in [0.1, 0.15) is 11.5 Å². The molecule has 1 atom stereocenters. The molecule has 1 aliphatic rings. The SMILES string of the molecule is NC(CNc1cc(F)c(I)cc1[N+](=O)[O-])C1CC1. The lowest BCUT2D eigenvalue weighted by molar-refractivity contribution is -0.384. The molecule has 0 amide bonds. The van der Waals surface area contributed by atoms with Gasteiger partial charge in [-0.15, -0.1) is 0 Å². The van der Waals surface area contributed by atoms with Crippen molar-refractivity contribution in [2.45, 2.75) is 18.9 Å². The number of anilines is 1. The zero-order chi connectivity index (χ0) is 13.3. The molecule has 1 saturated carbocycles. The Morgan fingerprint density at radius 2 is 2.28 bits per heavy atom. The first-order chi connectivity index (χ1) is 8.49. The molecule has 0 saturated heterocycles. The van der Waals surface area contributed by atoms with Gasteiger partial charge in [0.25, 0.3) is 5.69 Å². The summed E-state index contributed by atoms with van der Waals surface area (Å²) in [5.41, 5.74) is 5.96. The molecule has 18 heavy (non-hydrogen) atoms. The molecule has 1 aromatic rings. The van der Waals surface area contributed by atoms with Gasteiger partial charge in [0.05, 0.1) is 8.49 Å². The molecule has 0 aromatic heterocycles. The molecule has 0 spiro atoms. The van der Waals surface area contributed by atoms with Gasteiger partial charge in [0.15, 0.2) is 0 Å². The van der Waals surface area contributed by atoms with Crippen molar-refractivity contribution in [3.63, 3.8) is 0 Å². The smallest absolute Gasteiger partial charge is 0.293 e. The van der Waals surface area contributed by atoms with Gasteiger partial charge in [-0.2, -0.15) is 0 Å². The number of hydrogen-bond donors (Lipinski definition) is 2. The van der Waals surface area contributed by atoms with Gasteiger partial charge >= 0.3 is 0 Å². The first-order valence-corrected chi connectivity index (χ1v) is 6.70. The van der Waals surface area contributed by atoms with E-state index in [1.54, 1.807) is 22.6 Å². The van der Waals surface area contributed by atoms with E-state index in [1.165, 1.54) is 6.07 Å². The predicted molar refractivity (Wildman–Crippen MR) is 75.0 cm³/mol. The first-order valence-electron chi connectivity index (χ1n) is 5.62. The average Bonchev–Trinajstić information content (AvgIpc) is 3.13. The van der Waals surface area contributed by atoms with Crippen molar-refractivity contribution < 1.29 is 9.31 Å². The minimum absolute atomic E-state index is 0.0352. The molecular weight excluding hydrogens is 352 g/mol. The van der Waals surface area contributed by atoms with Crippen molar-refractivity contribution in [2.75, 3.05) is 11.9 Å². The van der Waals surface area contributed by atoms with E-state index in [9.17, 15) is 14.5 Å². The summed E-state index contributed by atoms with van der Waals surface area (Å²) in [7, 11) is 0. The Morgan fingerprint density at radius 1 is 1.61 bits per heavy atom. The second kappa shape index (κ2) is 5.35. The van der Waals surface area contributed by atoms with Crippen molar-refractivity contribution in [3.8, 4) is 0 Å². The molecule has 0 heterocycles. The molecule has 1 aromatic carbocycles. The summed E-state index contributed by atoms with van der Waals surface area (Å²) < 4.78 is 13.6. The topological polar surface area (TPSA) is 81.2 Å². The Balaban J connectivity index is 2.14. The summed E-state index contributed by atoms with van der Waals surface area (Å²) in [4.78, 5) is 10.4. The van der Waals surface area contributed by atoms with Crippen LogP contribution >= 0.6 is 22.6 Å². The maximum atomic E-state index is 13.4. The number of rotatable bonds is 5. The van der Waals surface area contributed by atoms with Crippen LogP contribution in [0.1, 0.15) is 12.8 Å². The maximum Gasteiger partial charge on any atom is 0.293 e. The van der Waals surface area contributed by atoms with Crippen LogP contribution in [0, 0.1) is 25.4 Å². The third kappa shape index (κ3) is 3.08. The molecule has 1 aliphatic carbocycles. The minimum Gasteiger partial charge on any atom is -0.378 e. The normalized spacial score (nSPS) is 16.4. The summed E-state index contributed by atoms with van der Waals surface area (Å²) in [6.07, 6.45) is 2.21. The number of nitrogens with two attached hydrogens (primary N) is 1. The molecule has 0 radical (unpaired) electrons. The standard InChI is InChI=1S/C11H13FIN3O2/c12-7-3-10(11(16(17)18)4-8(7)13)15-5-9(14)6-1-2-6/h3-4,6,9,15H,1-2,5,14H2. The predicted octanol–water partition coefficient (Wildman–Crippen LogP) is 2.49. The van der Waals surface area contributed by atoms with Crippen LogP contribution in [-0.2, 0) is 0 Å². The second-order valence-corrected chi connectivity index (χ2v) is 5.58. The second-order valence-electron chi connectivity index (χ2n) is 4.42. The van der Waals surface area contributed by atoms with Crippen LogP contribution < -0.4 is 11.1 Å². The number of nitrogens with one attached hydrogen (secondary N) is 1. The zero-order valence-corrected chi connectivity index (χ0v) is 11.7. The highest BCUT2D eigenvalue weighted by atomic mass is 127. The molecule has 98 valence electrons. The third-order valence-corrected chi connectivity index (χ3v) is 3.82. The molecule has 1 fully saturated rings. The number of nitro groups is 1. The number of nitrogens with zero attached hydrogens (tertiary/aromatic N) is 1. The van der Waals surface area contributed by atoms with E-state index in [4.69, 9.17) is 5.73 Å². The lowest BCUT2D eigenvalue weighted by Gasteiger charge is -2.13. The highest BCUT2D eigenvalue weighted by Crippen LogP contribution is 2.33. The van der Waals surface area contributed by atoms with Gasteiger partial charge < -0.3 is 11.1 Å². The van der Waals surface area contributed by atoms with Crippen LogP contribution in [0.15, 0.2) is 12.1 Å². The van der Waals surface area contributed by atoms with Crippen LogP contribution in [0.5, 0.6) is 0 Å². The van der Waals surface area contributed by atoms with Crippen molar-refractivity contribution in [3.05, 3.63) is 31.6 Å². The average molecular weight is 365 g/mol. The van der Waals surface area contributed by atoms with E-state index in [-0.39, 0.29) is 21.0 Å². The van der Waals surface area contributed by atoms with Gasteiger partial charge in [-0.25, -0.2) is 4.39 Å². The lowest BCUT2D eigenvalue weighted by atomic mass is 10.2. The highest BCUT2D eigenvalue weighted by molar-refractivity contribution is 14.1. The molecule has 0 aliphatic heterocycles. The van der Waals surface area contributed by atoms with Gasteiger partial charge in [0.2, 0.25) is 0 Å². The monoisotopic (exact) mass is 365 g/mol. The Kier molecular flexibility index (Phi) is 4.00. The Labute approximate surface area is 117 Å². The third-order valence-electron chi connectivity index (χ3n) is 2.99. The van der Waals surface area contributed by atoms with Crippen molar-refractivity contribution in [1.82, 2.24) is 0 Å². The van der Waals surface area contributed by atoms with E-state index in [0.29, 0.717) is 12.5 Å². The number of nitro benzene ring substituents is 1. The summed E-state index contributed by atoms with van der Waals surface area (Å²) >= 11 is 1.73. The van der Waals surface area contributed by atoms with E-state index < -0.39 is 10.7 Å². The summed E-state index contributed by atoms with van der Waals surface area (Å²) in [6, 6.07) is 2.34. The number of halogens is 2. The van der Waals surface area contributed by atoms with Crippen molar-refractivity contribution in [2.24, 2.45) is 11.7 Å². The van der Waals surface area contributed by atoms with Crippen LogP contribution in [0.3, 0.4) is 0 Å². The molecule has 1 unspecified atom stereocenters. The van der Waals surface area contributed by atoms with E-state index in [1.807, 2.05) is 0 Å². The summed E-state index contributed by atoms with van der Waals surface area (Å²) in [6.45, 7) is 0.422. The Bertz CT molecular complexity index is 480. The summed E-state index contributed by atoms with van der Waals surface area (Å²) in [5.74, 6) is 0.0222. The van der Waals surface area contributed by atoms with Crippen LogP contribution in [0.25, 0.3) is 0 Å². The molecule has 7 heteroatoms. The first kappa shape index (κ1) is 13.5. The van der Waals surface area contributed by atoms with E-state index in [0.717, 1.165) is 18.9 Å². The Hall–Kier alpha value is -0.960. The van der Waals surface area contributed by atoms with Crippen molar-refractivity contribution >= 4 is 34.0 Å². The zero-order valence-electron chi connectivity index (χ0n) is 9.53. The molecule has 3 N–H and O–H groups in total.